The summed E-state index contributed by atoms with van der Waals surface area (Å²) in [6.07, 6.45) is 2.04. The van der Waals surface area contributed by atoms with Gasteiger partial charge in [0, 0.05) is 39.1 Å². The van der Waals surface area contributed by atoms with Gasteiger partial charge in [0.05, 0.1) is 13.1 Å². The Morgan fingerprint density at radius 3 is 2.85 bits per heavy atom. The lowest BCUT2D eigenvalue weighted by molar-refractivity contribution is 0.173. The Morgan fingerprint density at radius 2 is 2.12 bits per heavy atom. The van der Waals surface area contributed by atoms with Gasteiger partial charge in [-0.25, -0.2) is 0 Å². The number of aromatic nitrogens is 1. The number of hydrogen-bond acceptors (Lipinski definition) is 4. The molecule has 2 heterocycles. The Bertz CT molecular complexity index is 748. The summed E-state index contributed by atoms with van der Waals surface area (Å²) in [6.45, 7) is 2.23. The van der Waals surface area contributed by atoms with Gasteiger partial charge in [-0.2, -0.15) is 0 Å². The van der Waals surface area contributed by atoms with Gasteiger partial charge in [0.25, 0.3) is 0 Å². The van der Waals surface area contributed by atoms with Crippen molar-refractivity contribution in [1.29, 1.82) is 0 Å². The minimum absolute atomic E-state index is 0. The number of ether oxygens (including phenoxy) is 3. The van der Waals surface area contributed by atoms with Gasteiger partial charge < -0.3 is 29.0 Å². The van der Waals surface area contributed by atoms with E-state index in [0.717, 1.165) is 29.8 Å². The van der Waals surface area contributed by atoms with Crippen molar-refractivity contribution in [3.8, 4) is 17.2 Å². The van der Waals surface area contributed by atoms with Gasteiger partial charge in [-0.05, 0) is 24.3 Å². The minimum atomic E-state index is 0. The number of halogens is 1. The molecule has 0 radical (unpaired) electrons. The lowest BCUT2D eigenvalue weighted by atomic mass is 10.3. The number of nitrogens with one attached hydrogen (secondary N) is 1. The van der Waals surface area contributed by atoms with Crippen LogP contribution < -0.4 is 19.5 Å². The minimum Gasteiger partial charge on any atom is -0.492 e. The van der Waals surface area contributed by atoms with Crippen LogP contribution in [0.15, 0.2) is 41.5 Å². The first-order valence-electron chi connectivity index (χ1n) is 8.22. The predicted molar refractivity (Wildman–Crippen MR) is 112 cm³/mol. The highest BCUT2D eigenvalue weighted by Crippen LogP contribution is 2.34. The summed E-state index contributed by atoms with van der Waals surface area (Å²) < 4.78 is 18.5. The molecule has 1 aromatic heterocycles. The van der Waals surface area contributed by atoms with Crippen LogP contribution in [0.4, 0.5) is 0 Å². The number of hydrogen-bond donors (Lipinski definition) is 1. The van der Waals surface area contributed by atoms with Crippen LogP contribution in [0.3, 0.4) is 0 Å². The number of fused-ring (bicyclic) bond motifs is 1. The quantitative estimate of drug-likeness (QED) is 0.303. The molecule has 0 atom stereocenters. The number of guanidine groups is 1. The molecule has 142 valence electrons. The van der Waals surface area contributed by atoms with E-state index in [4.69, 9.17) is 14.2 Å². The molecule has 0 fully saturated rings. The zero-order valence-corrected chi connectivity index (χ0v) is 17.6. The third-order valence-corrected chi connectivity index (χ3v) is 4.02. The van der Waals surface area contributed by atoms with Gasteiger partial charge in [-0.15, -0.1) is 24.0 Å². The molecule has 0 aliphatic carbocycles. The largest absolute Gasteiger partial charge is 0.492 e. The van der Waals surface area contributed by atoms with Crippen LogP contribution in [0.1, 0.15) is 5.69 Å². The monoisotopic (exact) mass is 472 g/mol. The first-order chi connectivity index (χ1) is 12.2. The van der Waals surface area contributed by atoms with E-state index in [1.165, 1.54) is 5.69 Å². The van der Waals surface area contributed by atoms with E-state index in [-0.39, 0.29) is 30.8 Å². The third-order valence-electron chi connectivity index (χ3n) is 4.02. The molecule has 1 N–H and O–H groups in total. The molecule has 3 rings (SSSR count). The van der Waals surface area contributed by atoms with Crippen molar-refractivity contribution >= 4 is 29.9 Å². The second-order valence-corrected chi connectivity index (χ2v) is 5.80. The summed E-state index contributed by atoms with van der Waals surface area (Å²) in [6, 6.07) is 9.73. The van der Waals surface area contributed by atoms with E-state index in [9.17, 15) is 0 Å². The fourth-order valence-electron chi connectivity index (χ4n) is 2.66. The average Bonchev–Trinajstić information content (AvgIpc) is 3.23. The maximum Gasteiger partial charge on any atom is 0.231 e. The lowest BCUT2D eigenvalue weighted by Gasteiger charge is -2.22. The molecule has 0 bridgehead atoms. The molecule has 26 heavy (non-hydrogen) atoms. The van der Waals surface area contributed by atoms with Crippen molar-refractivity contribution in [3.63, 3.8) is 0 Å². The summed E-state index contributed by atoms with van der Waals surface area (Å²) in [7, 11) is 5.84. The summed E-state index contributed by atoms with van der Waals surface area (Å²) >= 11 is 0. The van der Waals surface area contributed by atoms with Gasteiger partial charge >= 0.3 is 0 Å². The molecule has 0 saturated heterocycles. The first-order valence-corrected chi connectivity index (χ1v) is 8.22. The third kappa shape index (κ3) is 4.96. The first kappa shape index (κ1) is 20.2. The second kappa shape index (κ2) is 9.56. The highest BCUT2D eigenvalue weighted by Gasteiger charge is 2.13. The second-order valence-electron chi connectivity index (χ2n) is 5.80. The molecule has 0 spiro atoms. The van der Waals surface area contributed by atoms with Crippen molar-refractivity contribution in [2.75, 3.05) is 34.0 Å². The van der Waals surface area contributed by atoms with Crippen LogP contribution in [0.2, 0.25) is 0 Å². The molecule has 7 nitrogen and oxygen atoms in total. The van der Waals surface area contributed by atoms with Gasteiger partial charge in [-0.1, -0.05) is 0 Å². The van der Waals surface area contributed by atoms with Crippen molar-refractivity contribution < 1.29 is 14.2 Å². The molecule has 2 aromatic rings. The molecular formula is C18H25IN4O3. The molecule has 1 aromatic carbocycles. The summed E-state index contributed by atoms with van der Waals surface area (Å²) in [5, 5.41) is 3.31. The van der Waals surface area contributed by atoms with E-state index < -0.39 is 0 Å². The zero-order chi connectivity index (χ0) is 17.6. The van der Waals surface area contributed by atoms with Crippen molar-refractivity contribution in [2.24, 2.45) is 12.0 Å². The summed E-state index contributed by atoms with van der Waals surface area (Å²) in [5.41, 5.74) is 1.22. The lowest BCUT2D eigenvalue weighted by Crippen LogP contribution is -2.40. The molecule has 0 unspecified atom stereocenters. The van der Waals surface area contributed by atoms with Crippen LogP contribution in [-0.4, -0.2) is 49.5 Å². The van der Waals surface area contributed by atoms with Crippen LogP contribution >= 0.6 is 24.0 Å². The normalized spacial score (nSPS) is 12.5. The number of aryl methyl sites for hydroxylation is 1. The van der Waals surface area contributed by atoms with Crippen LogP contribution in [0.5, 0.6) is 17.2 Å². The van der Waals surface area contributed by atoms with Crippen LogP contribution in [-0.2, 0) is 13.6 Å². The van der Waals surface area contributed by atoms with E-state index in [1.54, 1.807) is 7.05 Å². The fraction of sp³-hybridized carbons (Fsp3) is 0.389. The number of benzene rings is 1. The summed E-state index contributed by atoms with van der Waals surface area (Å²) in [4.78, 5) is 6.40. The van der Waals surface area contributed by atoms with E-state index in [0.29, 0.717) is 13.2 Å². The predicted octanol–water partition coefficient (Wildman–Crippen LogP) is 2.46. The van der Waals surface area contributed by atoms with E-state index in [2.05, 4.69) is 25.8 Å². The molecule has 0 amide bonds. The fourth-order valence-corrected chi connectivity index (χ4v) is 2.66. The molecule has 1 aliphatic heterocycles. The standard InChI is InChI=1S/C18H24N4O3.HI/c1-19-18(22(3)12-14-5-4-9-21(14)2)20-8-10-23-15-6-7-16-17(11-15)25-13-24-16;/h4-7,9,11H,8,10,12-13H2,1-3H3,(H,19,20);1H. The van der Waals surface area contributed by atoms with Crippen molar-refractivity contribution in [1.82, 2.24) is 14.8 Å². The highest BCUT2D eigenvalue weighted by atomic mass is 127. The van der Waals surface area contributed by atoms with Gasteiger partial charge in [-0.3, -0.25) is 4.99 Å². The smallest absolute Gasteiger partial charge is 0.231 e. The van der Waals surface area contributed by atoms with Gasteiger partial charge in [0.1, 0.15) is 12.4 Å². The Hall–Kier alpha value is -2.10. The Kier molecular flexibility index (Phi) is 7.43. The Morgan fingerprint density at radius 1 is 1.31 bits per heavy atom. The topological polar surface area (TPSA) is 60.3 Å². The molecular weight excluding hydrogens is 447 g/mol. The number of aliphatic imine (C=N–C) groups is 1. The molecule has 8 heteroatoms. The Labute approximate surface area is 171 Å². The van der Waals surface area contributed by atoms with E-state index >= 15 is 0 Å². The van der Waals surface area contributed by atoms with Crippen molar-refractivity contribution in [3.05, 3.63) is 42.2 Å². The maximum absolute atomic E-state index is 5.76. The number of nitrogens with zero attached hydrogens (tertiary/aromatic N) is 3. The molecule has 1 aliphatic rings. The van der Waals surface area contributed by atoms with E-state index in [1.807, 2.05) is 44.6 Å². The number of rotatable bonds is 6. The Balaban J connectivity index is 0.00000243. The zero-order valence-electron chi connectivity index (χ0n) is 15.3. The average molecular weight is 472 g/mol. The maximum atomic E-state index is 5.76. The highest BCUT2D eigenvalue weighted by molar-refractivity contribution is 14.0. The van der Waals surface area contributed by atoms with Crippen LogP contribution in [0, 0.1) is 0 Å². The SMILES string of the molecule is CN=C(NCCOc1ccc2c(c1)OCO2)N(C)Cc1cccn1C.I. The molecule has 0 saturated carbocycles. The van der Waals surface area contributed by atoms with Gasteiger partial charge in [0.2, 0.25) is 6.79 Å². The van der Waals surface area contributed by atoms with Crippen molar-refractivity contribution in [2.45, 2.75) is 6.54 Å². The summed E-state index contributed by atoms with van der Waals surface area (Å²) in [5.74, 6) is 3.07. The van der Waals surface area contributed by atoms with Gasteiger partial charge in [0.15, 0.2) is 17.5 Å². The van der Waals surface area contributed by atoms with Crippen LogP contribution in [0.25, 0.3) is 0 Å².